The minimum Gasteiger partial charge on any atom is -0.276 e. The average molecular weight is 245 g/mol. The highest BCUT2D eigenvalue weighted by Crippen LogP contribution is 2.20. The molecule has 0 amide bonds. The van der Waals surface area contributed by atoms with Gasteiger partial charge in [-0.1, -0.05) is 6.92 Å². The normalized spacial score (nSPS) is 12.6. The minimum absolute atomic E-state index is 0.0675. The lowest BCUT2D eigenvalue weighted by Crippen LogP contribution is -2.30. The van der Waals surface area contributed by atoms with Crippen molar-refractivity contribution in [2.75, 3.05) is 0 Å². The Kier molecular flexibility index (Phi) is 4.07. The van der Waals surface area contributed by atoms with E-state index in [4.69, 9.17) is 5.84 Å². The first-order valence-corrected chi connectivity index (χ1v) is 6.12. The SMILES string of the molecule is CCc1cnccc1C(Cc1ccn(C)n1)NN. The molecule has 2 aromatic rings. The van der Waals surface area contributed by atoms with E-state index in [1.54, 1.807) is 10.9 Å². The molecular formula is C13H19N5. The van der Waals surface area contributed by atoms with E-state index in [0.717, 1.165) is 18.5 Å². The van der Waals surface area contributed by atoms with Gasteiger partial charge in [0.25, 0.3) is 0 Å². The molecule has 0 aliphatic rings. The highest BCUT2D eigenvalue weighted by atomic mass is 15.3. The third kappa shape index (κ3) is 2.75. The van der Waals surface area contributed by atoms with Gasteiger partial charge in [0.2, 0.25) is 0 Å². The number of rotatable bonds is 5. The van der Waals surface area contributed by atoms with Crippen LogP contribution in [-0.2, 0) is 19.9 Å². The molecule has 5 heteroatoms. The monoisotopic (exact) mass is 245 g/mol. The van der Waals surface area contributed by atoms with Crippen LogP contribution in [0.5, 0.6) is 0 Å². The van der Waals surface area contributed by atoms with Crippen LogP contribution in [0.4, 0.5) is 0 Å². The highest BCUT2D eigenvalue weighted by molar-refractivity contribution is 5.27. The summed E-state index contributed by atoms with van der Waals surface area (Å²) >= 11 is 0. The second-order valence-electron chi connectivity index (χ2n) is 4.33. The van der Waals surface area contributed by atoms with Crippen molar-refractivity contribution in [2.24, 2.45) is 12.9 Å². The molecule has 96 valence electrons. The molecule has 1 atom stereocenters. The predicted molar refractivity (Wildman–Crippen MR) is 70.6 cm³/mol. The van der Waals surface area contributed by atoms with Crippen molar-refractivity contribution < 1.29 is 0 Å². The lowest BCUT2D eigenvalue weighted by molar-refractivity contribution is 0.537. The first-order chi connectivity index (χ1) is 8.74. The lowest BCUT2D eigenvalue weighted by Gasteiger charge is -2.18. The van der Waals surface area contributed by atoms with Gasteiger partial charge in [-0.15, -0.1) is 0 Å². The topological polar surface area (TPSA) is 68.8 Å². The van der Waals surface area contributed by atoms with Crippen LogP contribution in [0.2, 0.25) is 0 Å². The molecule has 0 fully saturated rings. The van der Waals surface area contributed by atoms with Gasteiger partial charge < -0.3 is 0 Å². The van der Waals surface area contributed by atoms with E-state index in [1.165, 1.54) is 11.1 Å². The fourth-order valence-electron chi connectivity index (χ4n) is 2.11. The number of pyridine rings is 1. The third-order valence-electron chi connectivity index (χ3n) is 3.08. The number of nitrogens with zero attached hydrogens (tertiary/aromatic N) is 3. The molecule has 18 heavy (non-hydrogen) atoms. The van der Waals surface area contributed by atoms with Crippen LogP contribution in [0.15, 0.2) is 30.7 Å². The lowest BCUT2D eigenvalue weighted by atomic mass is 9.98. The Labute approximate surface area is 107 Å². The van der Waals surface area contributed by atoms with E-state index in [1.807, 2.05) is 31.6 Å². The van der Waals surface area contributed by atoms with E-state index in [0.29, 0.717) is 0 Å². The smallest absolute Gasteiger partial charge is 0.0643 e. The van der Waals surface area contributed by atoms with Crippen LogP contribution in [0.1, 0.15) is 29.8 Å². The molecule has 0 saturated carbocycles. The van der Waals surface area contributed by atoms with Crippen molar-refractivity contribution >= 4 is 0 Å². The molecule has 0 aliphatic heterocycles. The van der Waals surface area contributed by atoms with Gasteiger partial charge in [0.05, 0.1) is 11.7 Å². The van der Waals surface area contributed by atoms with Gasteiger partial charge in [-0.25, -0.2) is 0 Å². The highest BCUT2D eigenvalue weighted by Gasteiger charge is 2.15. The van der Waals surface area contributed by atoms with E-state index in [-0.39, 0.29) is 6.04 Å². The summed E-state index contributed by atoms with van der Waals surface area (Å²) in [5.74, 6) is 5.68. The average Bonchev–Trinajstić information content (AvgIpc) is 2.81. The molecule has 2 heterocycles. The molecular weight excluding hydrogens is 226 g/mol. The van der Waals surface area contributed by atoms with E-state index >= 15 is 0 Å². The summed E-state index contributed by atoms with van der Waals surface area (Å²) in [6, 6.07) is 4.10. The van der Waals surface area contributed by atoms with Gasteiger partial charge >= 0.3 is 0 Å². The number of aryl methyl sites for hydroxylation is 2. The number of aromatic nitrogens is 3. The maximum absolute atomic E-state index is 5.68. The number of nitrogens with two attached hydrogens (primary N) is 1. The van der Waals surface area contributed by atoms with Crippen LogP contribution in [0.25, 0.3) is 0 Å². The van der Waals surface area contributed by atoms with Gasteiger partial charge in [-0.3, -0.25) is 20.9 Å². The summed E-state index contributed by atoms with van der Waals surface area (Å²) in [6.45, 7) is 2.12. The number of hydrogen-bond acceptors (Lipinski definition) is 4. The second-order valence-corrected chi connectivity index (χ2v) is 4.33. The summed E-state index contributed by atoms with van der Waals surface area (Å²) < 4.78 is 1.80. The Hall–Kier alpha value is -1.72. The molecule has 0 aromatic carbocycles. The van der Waals surface area contributed by atoms with Crippen LogP contribution >= 0.6 is 0 Å². The molecule has 0 aliphatic carbocycles. The summed E-state index contributed by atoms with van der Waals surface area (Å²) in [5.41, 5.74) is 6.31. The van der Waals surface area contributed by atoms with Gasteiger partial charge in [-0.2, -0.15) is 5.10 Å². The minimum atomic E-state index is 0.0675. The maximum atomic E-state index is 5.68. The van der Waals surface area contributed by atoms with Crippen molar-refractivity contribution in [2.45, 2.75) is 25.8 Å². The summed E-state index contributed by atoms with van der Waals surface area (Å²) in [7, 11) is 1.91. The van der Waals surface area contributed by atoms with Gasteiger partial charge in [-0.05, 0) is 29.7 Å². The molecule has 2 aromatic heterocycles. The zero-order chi connectivity index (χ0) is 13.0. The molecule has 0 spiro atoms. The fourth-order valence-corrected chi connectivity index (χ4v) is 2.11. The summed E-state index contributed by atoms with van der Waals surface area (Å²) in [4.78, 5) is 4.16. The maximum Gasteiger partial charge on any atom is 0.0643 e. The Balaban J connectivity index is 2.22. The molecule has 3 N–H and O–H groups in total. The Morgan fingerprint density at radius 1 is 1.44 bits per heavy atom. The molecule has 2 rings (SSSR count). The van der Waals surface area contributed by atoms with Gasteiger partial charge in [0.15, 0.2) is 0 Å². The summed E-state index contributed by atoms with van der Waals surface area (Å²) in [5, 5.41) is 4.38. The molecule has 1 unspecified atom stereocenters. The van der Waals surface area contributed by atoms with E-state index in [2.05, 4.69) is 22.4 Å². The number of nitrogens with one attached hydrogen (secondary N) is 1. The first kappa shape index (κ1) is 12.7. The Morgan fingerprint density at radius 3 is 2.89 bits per heavy atom. The van der Waals surface area contributed by atoms with Gasteiger partial charge in [0, 0.05) is 32.1 Å². The van der Waals surface area contributed by atoms with Crippen molar-refractivity contribution in [3.05, 3.63) is 47.5 Å². The van der Waals surface area contributed by atoms with Crippen molar-refractivity contribution in [1.82, 2.24) is 20.2 Å². The zero-order valence-electron chi connectivity index (χ0n) is 10.8. The second kappa shape index (κ2) is 5.75. The number of hydrazine groups is 1. The van der Waals surface area contributed by atoms with E-state index < -0.39 is 0 Å². The zero-order valence-corrected chi connectivity index (χ0v) is 10.8. The molecule has 0 bridgehead atoms. The standard InChI is InChI=1S/C13H19N5/c1-3-10-9-15-6-4-12(10)13(16-14)8-11-5-7-18(2)17-11/h4-7,9,13,16H,3,8,14H2,1-2H3. The Bertz CT molecular complexity index is 506. The molecule has 5 nitrogen and oxygen atoms in total. The predicted octanol–water partition coefficient (Wildman–Crippen LogP) is 1.12. The summed E-state index contributed by atoms with van der Waals surface area (Å²) in [6.07, 6.45) is 7.36. The largest absolute Gasteiger partial charge is 0.276 e. The molecule has 0 radical (unpaired) electrons. The number of hydrogen-bond donors (Lipinski definition) is 2. The van der Waals surface area contributed by atoms with E-state index in [9.17, 15) is 0 Å². The van der Waals surface area contributed by atoms with Crippen LogP contribution in [-0.4, -0.2) is 14.8 Å². The van der Waals surface area contributed by atoms with Crippen LogP contribution in [0, 0.1) is 0 Å². The quantitative estimate of drug-likeness (QED) is 0.612. The van der Waals surface area contributed by atoms with Gasteiger partial charge in [0.1, 0.15) is 0 Å². The van der Waals surface area contributed by atoms with Crippen LogP contribution in [0.3, 0.4) is 0 Å². The third-order valence-corrected chi connectivity index (χ3v) is 3.08. The Morgan fingerprint density at radius 2 is 2.28 bits per heavy atom. The first-order valence-electron chi connectivity index (χ1n) is 6.12. The van der Waals surface area contributed by atoms with Crippen LogP contribution < -0.4 is 11.3 Å². The molecule has 0 saturated heterocycles. The van der Waals surface area contributed by atoms with Crippen molar-refractivity contribution in [3.63, 3.8) is 0 Å². The fraction of sp³-hybridized carbons (Fsp3) is 0.385. The van der Waals surface area contributed by atoms with Crippen molar-refractivity contribution in [1.29, 1.82) is 0 Å². The van der Waals surface area contributed by atoms with Crippen molar-refractivity contribution in [3.8, 4) is 0 Å².